The van der Waals surface area contributed by atoms with Crippen molar-refractivity contribution >= 4 is 34.1 Å². The van der Waals surface area contributed by atoms with E-state index in [0.29, 0.717) is 5.16 Å². The van der Waals surface area contributed by atoms with Crippen molar-refractivity contribution in [3.05, 3.63) is 72.8 Å². The summed E-state index contributed by atoms with van der Waals surface area (Å²) in [5.74, 6) is 0.717. The SMILES string of the molecule is CC(Sc1nnc(-c2ccccc2)n1C)C(=O)Nc1ccc2ccccc2c1. The zero-order valence-electron chi connectivity index (χ0n) is 15.7. The van der Waals surface area contributed by atoms with Gasteiger partial charge in [-0.1, -0.05) is 72.4 Å². The Bertz CT molecular complexity index is 1120. The van der Waals surface area contributed by atoms with Crippen LogP contribution in [-0.4, -0.2) is 25.9 Å². The number of benzene rings is 3. The molecule has 5 nitrogen and oxygen atoms in total. The van der Waals surface area contributed by atoms with E-state index in [1.54, 1.807) is 0 Å². The molecule has 0 radical (unpaired) electrons. The summed E-state index contributed by atoms with van der Waals surface area (Å²) in [4.78, 5) is 12.7. The van der Waals surface area contributed by atoms with Gasteiger partial charge in [0.1, 0.15) is 0 Å². The second-order valence-electron chi connectivity index (χ2n) is 6.54. The third-order valence-corrected chi connectivity index (χ3v) is 5.67. The van der Waals surface area contributed by atoms with E-state index >= 15 is 0 Å². The molecule has 28 heavy (non-hydrogen) atoms. The van der Waals surface area contributed by atoms with Crippen LogP contribution in [0.2, 0.25) is 0 Å². The lowest BCUT2D eigenvalue weighted by Crippen LogP contribution is -2.22. The molecule has 1 unspecified atom stereocenters. The van der Waals surface area contributed by atoms with Crippen LogP contribution in [0.5, 0.6) is 0 Å². The molecule has 0 aliphatic heterocycles. The molecule has 1 atom stereocenters. The fourth-order valence-corrected chi connectivity index (χ4v) is 3.79. The Labute approximate surface area is 167 Å². The minimum atomic E-state index is -0.307. The van der Waals surface area contributed by atoms with Crippen LogP contribution in [0.1, 0.15) is 6.92 Å². The smallest absolute Gasteiger partial charge is 0.237 e. The van der Waals surface area contributed by atoms with Crippen LogP contribution in [0.15, 0.2) is 78.0 Å². The summed E-state index contributed by atoms with van der Waals surface area (Å²) in [6, 6.07) is 23.9. The van der Waals surface area contributed by atoms with Gasteiger partial charge < -0.3 is 9.88 Å². The lowest BCUT2D eigenvalue weighted by molar-refractivity contribution is -0.115. The molecule has 1 amide bonds. The van der Waals surface area contributed by atoms with E-state index in [1.807, 2.05) is 85.3 Å². The van der Waals surface area contributed by atoms with E-state index in [9.17, 15) is 4.79 Å². The standard InChI is InChI=1S/C22H20N4OS/c1-15(21(27)23-19-13-12-16-8-6-7-11-18(16)14-19)28-22-25-24-20(26(22)2)17-9-4-3-5-10-17/h3-15H,1-2H3,(H,23,27). The number of nitrogens with one attached hydrogen (secondary N) is 1. The van der Waals surface area contributed by atoms with Crippen LogP contribution in [-0.2, 0) is 11.8 Å². The van der Waals surface area contributed by atoms with Crippen molar-refractivity contribution in [2.45, 2.75) is 17.3 Å². The van der Waals surface area contributed by atoms with Gasteiger partial charge in [-0.2, -0.15) is 0 Å². The van der Waals surface area contributed by atoms with Crippen LogP contribution < -0.4 is 5.32 Å². The Kier molecular flexibility index (Phi) is 5.12. The summed E-state index contributed by atoms with van der Waals surface area (Å²) in [5, 5.41) is 14.2. The van der Waals surface area contributed by atoms with Gasteiger partial charge >= 0.3 is 0 Å². The molecule has 0 saturated heterocycles. The minimum Gasteiger partial charge on any atom is -0.325 e. The molecule has 3 aromatic carbocycles. The number of hydrogen-bond donors (Lipinski definition) is 1. The second kappa shape index (κ2) is 7.86. The van der Waals surface area contributed by atoms with Crippen LogP contribution in [0.25, 0.3) is 22.2 Å². The molecule has 1 N–H and O–H groups in total. The van der Waals surface area contributed by atoms with E-state index in [1.165, 1.54) is 11.8 Å². The Balaban J connectivity index is 1.46. The predicted octanol–water partition coefficient (Wildman–Crippen LogP) is 4.75. The Morgan fingerprint density at radius 1 is 0.964 bits per heavy atom. The number of carbonyl (C=O) groups excluding carboxylic acids is 1. The van der Waals surface area contributed by atoms with Crippen molar-refractivity contribution in [2.75, 3.05) is 5.32 Å². The molecule has 0 aliphatic rings. The summed E-state index contributed by atoms with van der Waals surface area (Å²) >= 11 is 1.39. The lowest BCUT2D eigenvalue weighted by Gasteiger charge is -2.12. The maximum Gasteiger partial charge on any atom is 0.237 e. The van der Waals surface area contributed by atoms with Gasteiger partial charge in [0.2, 0.25) is 5.91 Å². The van der Waals surface area contributed by atoms with Crippen molar-refractivity contribution in [2.24, 2.45) is 7.05 Å². The number of thioether (sulfide) groups is 1. The molecule has 0 bridgehead atoms. The number of rotatable bonds is 5. The Morgan fingerprint density at radius 3 is 2.46 bits per heavy atom. The van der Waals surface area contributed by atoms with E-state index in [4.69, 9.17) is 0 Å². The fourth-order valence-electron chi connectivity index (χ4n) is 2.98. The van der Waals surface area contributed by atoms with Gasteiger partial charge in [-0.3, -0.25) is 4.79 Å². The minimum absolute atomic E-state index is 0.0652. The lowest BCUT2D eigenvalue weighted by atomic mass is 10.1. The average Bonchev–Trinajstić information content (AvgIpc) is 3.08. The van der Waals surface area contributed by atoms with Gasteiger partial charge in [-0.25, -0.2) is 0 Å². The van der Waals surface area contributed by atoms with Gasteiger partial charge in [0.15, 0.2) is 11.0 Å². The summed E-state index contributed by atoms with van der Waals surface area (Å²) in [5.41, 5.74) is 1.79. The second-order valence-corrected chi connectivity index (χ2v) is 7.85. The molecule has 0 fully saturated rings. The first kappa shape index (κ1) is 18.3. The first-order chi connectivity index (χ1) is 13.6. The van der Waals surface area contributed by atoms with E-state index in [0.717, 1.165) is 27.8 Å². The number of carbonyl (C=O) groups is 1. The molecule has 1 aromatic heterocycles. The quantitative estimate of drug-likeness (QED) is 0.501. The summed E-state index contributed by atoms with van der Waals surface area (Å²) in [7, 11) is 1.92. The Hall–Kier alpha value is -3.12. The molecule has 0 aliphatic carbocycles. The highest BCUT2D eigenvalue weighted by Crippen LogP contribution is 2.26. The van der Waals surface area contributed by atoms with Crippen molar-refractivity contribution < 1.29 is 4.79 Å². The number of aromatic nitrogens is 3. The fraction of sp³-hybridized carbons (Fsp3) is 0.136. The molecule has 0 spiro atoms. The average molecular weight is 388 g/mol. The molecule has 4 rings (SSSR count). The van der Waals surface area contributed by atoms with Crippen molar-refractivity contribution in [1.29, 1.82) is 0 Å². The van der Waals surface area contributed by atoms with Crippen LogP contribution in [0, 0.1) is 0 Å². The maximum atomic E-state index is 12.7. The van der Waals surface area contributed by atoms with Gasteiger partial charge in [0.25, 0.3) is 0 Å². The highest BCUT2D eigenvalue weighted by atomic mass is 32.2. The normalized spacial score (nSPS) is 12.1. The van der Waals surface area contributed by atoms with Crippen molar-refractivity contribution in [3.63, 3.8) is 0 Å². The van der Waals surface area contributed by atoms with Gasteiger partial charge in [0, 0.05) is 18.3 Å². The highest BCUT2D eigenvalue weighted by Gasteiger charge is 2.19. The number of hydrogen-bond acceptors (Lipinski definition) is 4. The number of anilines is 1. The zero-order chi connectivity index (χ0) is 19.5. The predicted molar refractivity (Wildman–Crippen MR) is 114 cm³/mol. The first-order valence-electron chi connectivity index (χ1n) is 9.03. The van der Waals surface area contributed by atoms with Crippen LogP contribution in [0.4, 0.5) is 5.69 Å². The summed E-state index contributed by atoms with van der Waals surface area (Å²) in [6.07, 6.45) is 0. The van der Waals surface area contributed by atoms with Crippen LogP contribution >= 0.6 is 11.8 Å². The van der Waals surface area contributed by atoms with Gasteiger partial charge in [-0.15, -0.1) is 10.2 Å². The van der Waals surface area contributed by atoms with Gasteiger partial charge in [0.05, 0.1) is 5.25 Å². The monoisotopic (exact) mass is 388 g/mol. The topological polar surface area (TPSA) is 59.8 Å². The number of amides is 1. The third kappa shape index (κ3) is 3.77. The first-order valence-corrected chi connectivity index (χ1v) is 9.91. The summed E-state index contributed by atoms with van der Waals surface area (Å²) < 4.78 is 1.92. The van der Waals surface area contributed by atoms with Crippen molar-refractivity contribution in [3.8, 4) is 11.4 Å². The van der Waals surface area contributed by atoms with E-state index in [2.05, 4.69) is 21.6 Å². The van der Waals surface area contributed by atoms with Crippen LogP contribution in [0.3, 0.4) is 0 Å². The largest absolute Gasteiger partial charge is 0.325 e. The molecular weight excluding hydrogens is 368 g/mol. The molecule has 0 saturated carbocycles. The molecule has 140 valence electrons. The summed E-state index contributed by atoms with van der Waals surface area (Å²) in [6.45, 7) is 1.87. The highest BCUT2D eigenvalue weighted by molar-refractivity contribution is 8.00. The maximum absolute atomic E-state index is 12.7. The third-order valence-electron chi connectivity index (χ3n) is 4.54. The number of fused-ring (bicyclic) bond motifs is 1. The van der Waals surface area contributed by atoms with Gasteiger partial charge in [-0.05, 0) is 29.8 Å². The van der Waals surface area contributed by atoms with E-state index < -0.39 is 0 Å². The molecule has 1 heterocycles. The molecule has 6 heteroatoms. The molecular formula is C22H20N4OS. The Morgan fingerprint density at radius 2 is 1.68 bits per heavy atom. The van der Waals surface area contributed by atoms with Crippen molar-refractivity contribution in [1.82, 2.24) is 14.8 Å². The number of nitrogens with zero attached hydrogens (tertiary/aromatic N) is 3. The van der Waals surface area contributed by atoms with E-state index in [-0.39, 0.29) is 11.2 Å². The molecule has 4 aromatic rings. The zero-order valence-corrected chi connectivity index (χ0v) is 16.5.